The van der Waals surface area contributed by atoms with Crippen molar-refractivity contribution in [3.05, 3.63) is 65.7 Å². The number of hydrogen-bond donors (Lipinski definition) is 0. The van der Waals surface area contributed by atoms with Crippen LogP contribution in [0.3, 0.4) is 0 Å². The number of nitrogens with zero attached hydrogens (tertiary/aromatic N) is 5. The largest absolute Gasteiger partial charge is 0.272 e. The Morgan fingerprint density at radius 3 is 2.77 bits per heavy atom. The standard InChI is InChI=1S/C20H21N5O/c1-4-16-11-17-10-15(7-9-24(17)22-16)18-20(2,3)19(26)25(23-18)13-14-6-5-8-21-12-14/h5-12H,4,13H2,1-3H3. The summed E-state index contributed by atoms with van der Waals surface area (Å²) < 4.78 is 1.86. The van der Waals surface area contributed by atoms with Gasteiger partial charge in [0.25, 0.3) is 5.91 Å². The van der Waals surface area contributed by atoms with E-state index in [0.29, 0.717) is 6.54 Å². The van der Waals surface area contributed by atoms with E-state index < -0.39 is 5.41 Å². The van der Waals surface area contributed by atoms with Crippen molar-refractivity contribution in [2.24, 2.45) is 10.5 Å². The number of carbonyl (C=O) groups is 1. The third kappa shape index (κ3) is 2.67. The first-order valence-corrected chi connectivity index (χ1v) is 8.77. The van der Waals surface area contributed by atoms with Gasteiger partial charge < -0.3 is 0 Å². The van der Waals surface area contributed by atoms with E-state index in [1.165, 1.54) is 0 Å². The lowest BCUT2D eigenvalue weighted by molar-refractivity contribution is -0.135. The number of aromatic nitrogens is 3. The zero-order valence-electron chi connectivity index (χ0n) is 15.2. The average Bonchev–Trinajstić information content (AvgIpc) is 3.15. The van der Waals surface area contributed by atoms with Gasteiger partial charge in [-0.15, -0.1) is 0 Å². The van der Waals surface area contributed by atoms with Crippen LogP contribution in [0.2, 0.25) is 0 Å². The number of aryl methyl sites for hydroxylation is 1. The highest BCUT2D eigenvalue weighted by atomic mass is 16.2. The molecule has 6 heteroatoms. The molecule has 0 fully saturated rings. The highest BCUT2D eigenvalue weighted by Gasteiger charge is 2.43. The molecule has 0 saturated heterocycles. The van der Waals surface area contributed by atoms with Gasteiger partial charge in [-0.2, -0.15) is 10.2 Å². The molecule has 0 aromatic carbocycles. The average molecular weight is 347 g/mol. The smallest absolute Gasteiger partial charge is 0.254 e. The molecule has 1 aliphatic rings. The lowest BCUT2D eigenvalue weighted by Gasteiger charge is -2.19. The molecule has 0 aliphatic carbocycles. The molecule has 26 heavy (non-hydrogen) atoms. The van der Waals surface area contributed by atoms with Gasteiger partial charge in [0.05, 0.1) is 28.9 Å². The van der Waals surface area contributed by atoms with Gasteiger partial charge in [0.1, 0.15) is 0 Å². The van der Waals surface area contributed by atoms with Crippen molar-refractivity contribution in [3.63, 3.8) is 0 Å². The summed E-state index contributed by atoms with van der Waals surface area (Å²) in [4.78, 5) is 17.0. The van der Waals surface area contributed by atoms with Crippen molar-refractivity contribution < 1.29 is 4.79 Å². The van der Waals surface area contributed by atoms with Gasteiger partial charge >= 0.3 is 0 Å². The second-order valence-electron chi connectivity index (χ2n) is 7.07. The molecule has 6 nitrogen and oxygen atoms in total. The highest BCUT2D eigenvalue weighted by Crippen LogP contribution is 2.33. The minimum absolute atomic E-state index is 0.000943. The second kappa shape index (κ2) is 6.05. The van der Waals surface area contributed by atoms with Crippen LogP contribution in [0.15, 0.2) is 54.0 Å². The number of rotatable bonds is 4. The summed E-state index contributed by atoms with van der Waals surface area (Å²) in [7, 11) is 0. The van der Waals surface area contributed by atoms with Crippen LogP contribution in [0.25, 0.3) is 5.52 Å². The van der Waals surface area contributed by atoms with Gasteiger partial charge in [0, 0.05) is 24.2 Å². The first-order chi connectivity index (χ1) is 12.5. The topological polar surface area (TPSA) is 62.9 Å². The summed E-state index contributed by atoms with van der Waals surface area (Å²) in [6.07, 6.45) is 6.30. The van der Waals surface area contributed by atoms with E-state index in [2.05, 4.69) is 28.2 Å². The Morgan fingerprint density at radius 2 is 2.04 bits per heavy atom. The van der Waals surface area contributed by atoms with Crippen LogP contribution in [-0.2, 0) is 17.8 Å². The van der Waals surface area contributed by atoms with E-state index >= 15 is 0 Å². The van der Waals surface area contributed by atoms with Gasteiger partial charge in [-0.25, -0.2) is 9.52 Å². The van der Waals surface area contributed by atoms with Crippen molar-refractivity contribution in [3.8, 4) is 0 Å². The van der Waals surface area contributed by atoms with E-state index in [9.17, 15) is 4.79 Å². The van der Waals surface area contributed by atoms with Crippen LogP contribution in [0, 0.1) is 5.41 Å². The summed E-state index contributed by atoms with van der Waals surface area (Å²) in [5, 5.41) is 10.7. The minimum Gasteiger partial charge on any atom is -0.272 e. The summed E-state index contributed by atoms with van der Waals surface area (Å²) in [5.41, 5.74) is 4.08. The molecular weight excluding hydrogens is 326 g/mol. The van der Waals surface area contributed by atoms with E-state index in [4.69, 9.17) is 0 Å². The Hall–Kier alpha value is -3.02. The Bertz CT molecular complexity index is 1000. The predicted octanol–water partition coefficient (Wildman–Crippen LogP) is 3.06. The summed E-state index contributed by atoms with van der Waals surface area (Å²) in [5.74, 6) is -0.000943. The van der Waals surface area contributed by atoms with Crippen LogP contribution in [0.5, 0.6) is 0 Å². The molecule has 3 aromatic heterocycles. The molecule has 0 unspecified atom stereocenters. The predicted molar refractivity (Wildman–Crippen MR) is 99.7 cm³/mol. The lowest BCUT2D eigenvalue weighted by Crippen LogP contribution is -2.34. The Kier molecular flexibility index (Phi) is 3.83. The normalized spacial score (nSPS) is 16.3. The first kappa shape index (κ1) is 16.4. The number of pyridine rings is 2. The van der Waals surface area contributed by atoms with Gasteiger partial charge in [-0.3, -0.25) is 9.78 Å². The molecule has 4 heterocycles. The molecule has 0 saturated carbocycles. The van der Waals surface area contributed by atoms with E-state index in [1.54, 1.807) is 17.4 Å². The third-order valence-corrected chi connectivity index (χ3v) is 4.79. The summed E-state index contributed by atoms with van der Waals surface area (Å²) in [6, 6.07) is 9.91. The number of hydrazone groups is 1. The van der Waals surface area contributed by atoms with Gasteiger partial charge in [-0.05, 0) is 50.1 Å². The molecule has 1 amide bonds. The van der Waals surface area contributed by atoms with Crippen LogP contribution in [-0.4, -0.2) is 31.2 Å². The lowest BCUT2D eigenvalue weighted by atomic mass is 9.83. The van der Waals surface area contributed by atoms with E-state index in [1.807, 2.05) is 48.8 Å². The number of hydrogen-bond acceptors (Lipinski definition) is 4. The van der Waals surface area contributed by atoms with Gasteiger partial charge in [0.15, 0.2) is 0 Å². The quantitative estimate of drug-likeness (QED) is 0.729. The molecule has 0 radical (unpaired) electrons. The maximum absolute atomic E-state index is 12.9. The summed E-state index contributed by atoms with van der Waals surface area (Å²) >= 11 is 0. The monoisotopic (exact) mass is 347 g/mol. The molecular formula is C20H21N5O. The number of amides is 1. The zero-order chi connectivity index (χ0) is 18.3. The van der Waals surface area contributed by atoms with E-state index in [0.717, 1.165) is 34.5 Å². The van der Waals surface area contributed by atoms with Gasteiger partial charge in [0.2, 0.25) is 0 Å². The fourth-order valence-electron chi connectivity index (χ4n) is 3.27. The highest BCUT2D eigenvalue weighted by molar-refractivity contribution is 6.19. The molecule has 0 bridgehead atoms. The van der Waals surface area contributed by atoms with Crippen LogP contribution >= 0.6 is 0 Å². The number of carbonyl (C=O) groups excluding carboxylic acids is 1. The maximum atomic E-state index is 12.9. The van der Waals surface area contributed by atoms with Crippen LogP contribution < -0.4 is 0 Å². The minimum atomic E-state index is -0.672. The van der Waals surface area contributed by atoms with E-state index in [-0.39, 0.29) is 5.91 Å². The van der Waals surface area contributed by atoms with Crippen molar-refractivity contribution in [1.29, 1.82) is 0 Å². The SMILES string of the molecule is CCc1cc2cc(C3=NN(Cc4cccnc4)C(=O)C3(C)C)ccn2n1. The zero-order valence-corrected chi connectivity index (χ0v) is 15.2. The Labute approximate surface area is 152 Å². The fourth-order valence-corrected chi connectivity index (χ4v) is 3.27. The van der Waals surface area contributed by atoms with Gasteiger partial charge in [-0.1, -0.05) is 13.0 Å². The first-order valence-electron chi connectivity index (χ1n) is 8.77. The fraction of sp³-hybridized carbons (Fsp3) is 0.300. The molecule has 3 aromatic rings. The molecule has 1 aliphatic heterocycles. The third-order valence-electron chi connectivity index (χ3n) is 4.79. The Morgan fingerprint density at radius 1 is 1.19 bits per heavy atom. The van der Waals surface area contributed by atoms with Crippen molar-refractivity contribution >= 4 is 17.1 Å². The molecule has 0 atom stereocenters. The van der Waals surface area contributed by atoms with Crippen molar-refractivity contribution in [2.45, 2.75) is 33.7 Å². The Balaban J connectivity index is 1.71. The number of fused-ring (bicyclic) bond motifs is 1. The second-order valence-corrected chi connectivity index (χ2v) is 7.07. The molecule has 132 valence electrons. The van der Waals surface area contributed by atoms with Crippen molar-refractivity contribution in [1.82, 2.24) is 19.6 Å². The molecule has 0 spiro atoms. The summed E-state index contributed by atoms with van der Waals surface area (Å²) in [6.45, 7) is 6.36. The van der Waals surface area contributed by atoms with Crippen LogP contribution in [0.1, 0.15) is 37.6 Å². The van der Waals surface area contributed by atoms with Crippen molar-refractivity contribution in [2.75, 3.05) is 0 Å². The molecule has 4 rings (SSSR count). The molecule has 0 N–H and O–H groups in total. The van der Waals surface area contributed by atoms with Crippen LogP contribution in [0.4, 0.5) is 0 Å². The maximum Gasteiger partial charge on any atom is 0.254 e.